The van der Waals surface area contributed by atoms with Gasteiger partial charge in [-0.15, -0.1) is 0 Å². The van der Waals surface area contributed by atoms with Crippen LogP contribution < -0.4 is 21.3 Å². The molecule has 0 unspecified atom stereocenters. The van der Waals surface area contributed by atoms with Gasteiger partial charge >= 0.3 is 0 Å². The van der Waals surface area contributed by atoms with Crippen LogP contribution in [0.5, 0.6) is 0 Å². The van der Waals surface area contributed by atoms with Gasteiger partial charge < -0.3 is 21.3 Å². The highest BCUT2D eigenvalue weighted by atomic mass is 16.2. The van der Waals surface area contributed by atoms with E-state index in [0.717, 1.165) is 37.3 Å². The van der Waals surface area contributed by atoms with Crippen molar-refractivity contribution in [2.24, 2.45) is 0 Å². The third kappa shape index (κ3) is 3.01. The van der Waals surface area contributed by atoms with Crippen molar-refractivity contribution < 1.29 is 9.59 Å². The molecule has 6 heteroatoms. The maximum Gasteiger partial charge on any atom is 0.251 e. The van der Waals surface area contributed by atoms with Crippen LogP contribution in [0.2, 0.25) is 0 Å². The lowest BCUT2D eigenvalue weighted by atomic mass is 10.1. The number of nitrogens with one attached hydrogen (secondary N) is 4. The van der Waals surface area contributed by atoms with Crippen molar-refractivity contribution in [1.29, 1.82) is 0 Å². The highest BCUT2D eigenvalue weighted by Gasteiger charge is 2.23. The summed E-state index contributed by atoms with van der Waals surface area (Å²) in [6.07, 6.45) is 2.09. The van der Waals surface area contributed by atoms with E-state index in [-0.39, 0.29) is 18.4 Å². The molecular weight excluding hydrogens is 256 g/mol. The van der Waals surface area contributed by atoms with E-state index in [1.54, 1.807) is 12.1 Å². The minimum absolute atomic E-state index is 0.0259. The number of carbonyl (C=O) groups is 2. The number of hydrogen-bond acceptors (Lipinski definition) is 4. The summed E-state index contributed by atoms with van der Waals surface area (Å²) in [6, 6.07) is 5.75. The van der Waals surface area contributed by atoms with E-state index in [4.69, 9.17) is 0 Å². The van der Waals surface area contributed by atoms with E-state index in [1.807, 2.05) is 6.07 Å². The molecule has 4 N–H and O–H groups in total. The van der Waals surface area contributed by atoms with Gasteiger partial charge in [-0.25, -0.2) is 0 Å². The first-order chi connectivity index (χ1) is 9.72. The standard InChI is InChI=1S/C14H18N4O2/c19-13(18-10-2-3-10)8-17-14(20)9-1-4-11-12(7-9)16-6-5-15-11/h1,4,7,10,15-16H,2-3,5-6,8H2,(H,17,20)(H,18,19). The Hall–Kier alpha value is -2.24. The van der Waals surface area contributed by atoms with Crippen molar-refractivity contribution in [2.45, 2.75) is 18.9 Å². The molecule has 2 amide bonds. The van der Waals surface area contributed by atoms with Crippen LogP contribution in [0.15, 0.2) is 18.2 Å². The number of rotatable bonds is 4. The molecule has 1 fully saturated rings. The fourth-order valence-electron chi connectivity index (χ4n) is 2.15. The maximum atomic E-state index is 12.0. The van der Waals surface area contributed by atoms with Crippen LogP contribution >= 0.6 is 0 Å². The smallest absolute Gasteiger partial charge is 0.251 e. The Labute approximate surface area is 117 Å². The Balaban J connectivity index is 1.57. The number of anilines is 2. The van der Waals surface area contributed by atoms with Gasteiger partial charge in [-0.3, -0.25) is 9.59 Å². The van der Waals surface area contributed by atoms with Crippen LogP contribution in [-0.2, 0) is 4.79 Å². The molecule has 2 aliphatic rings. The third-order valence-corrected chi connectivity index (χ3v) is 3.39. The second-order valence-corrected chi connectivity index (χ2v) is 5.14. The maximum absolute atomic E-state index is 12.0. The molecule has 1 aromatic carbocycles. The summed E-state index contributed by atoms with van der Waals surface area (Å²) < 4.78 is 0. The van der Waals surface area contributed by atoms with E-state index in [2.05, 4.69) is 21.3 Å². The van der Waals surface area contributed by atoms with Gasteiger partial charge in [-0.1, -0.05) is 0 Å². The zero-order chi connectivity index (χ0) is 13.9. The highest BCUT2D eigenvalue weighted by Crippen LogP contribution is 2.25. The van der Waals surface area contributed by atoms with Crippen molar-refractivity contribution in [2.75, 3.05) is 30.3 Å². The van der Waals surface area contributed by atoms with Crippen LogP contribution in [-0.4, -0.2) is 37.5 Å². The number of carbonyl (C=O) groups excluding carboxylic acids is 2. The van der Waals surface area contributed by atoms with Crippen LogP contribution in [0.25, 0.3) is 0 Å². The van der Waals surface area contributed by atoms with Gasteiger partial charge in [0.15, 0.2) is 0 Å². The fourth-order valence-corrected chi connectivity index (χ4v) is 2.15. The number of amides is 2. The Kier molecular flexibility index (Phi) is 3.45. The number of hydrogen-bond donors (Lipinski definition) is 4. The average molecular weight is 274 g/mol. The topological polar surface area (TPSA) is 82.3 Å². The van der Waals surface area contributed by atoms with Crippen molar-refractivity contribution in [3.63, 3.8) is 0 Å². The molecule has 0 atom stereocenters. The van der Waals surface area contributed by atoms with E-state index < -0.39 is 0 Å². The molecule has 0 bridgehead atoms. The van der Waals surface area contributed by atoms with Crippen LogP contribution in [0, 0.1) is 0 Å². The summed E-state index contributed by atoms with van der Waals surface area (Å²) in [7, 11) is 0. The van der Waals surface area contributed by atoms with Crippen LogP contribution in [0.4, 0.5) is 11.4 Å². The third-order valence-electron chi connectivity index (χ3n) is 3.39. The first kappa shape index (κ1) is 12.8. The van der Waals surface area contributed by atoms with Gasteiger partial charge in [-0.2, -0.15) is 0 Å². The molecule has 1 aliphatic heterocycles. The Morgan fingerprint density at radius 2 is 1.90 bits per heavy atom. The van der Waals surface area contributed by atoms with E-state index in [9.17, 15) is 9.59 Å². The summed E-state index contributed by atoms with van der Waals surface area (Å²) in [5.41, 5.74) is 2.48. The minimum Gasteiger partial charge on any atom is -0.382 e. The van der Waals surface area contributed by atoms with Crippen molar-refractivity contribution in [3.05, 3.63) is 23.8 Å². The SMILES string of the molecule is O=C(CNC(=O)c1ccc2c(c1)NCCN2)NC1CC1. The lowest BCUT2D eigenvalue weighted by Crippen LogP contribution is -2.37. The minimum atomic E-state index is -0.230. The van der Waals surface area contributed by atoms with Crippen LogP contribution in [0.3, 0.4) is 0 Å². The Morgan fingerprint density at radius 1 is 1.15 bits per heavy atom. The molecule has 1 saturated carbocycles. The average Bonchev–Trinajstić information content (AvgIpc) is 3.28. The van der Waals surface area contributed by atoms with Gasteiger partial charge in [0.1, 0.15) is 0 Å². The molecule has 20 heavy (non-hydrogen) atoms. The second kappa shape index (κ2) is 5.40. The molecule has 0 aromatic heterocycles. The quantitative estimate of drug-likeness (QED) is 0.645. The molecule has 1 aromatic rings. The molecule has 0 spiro atoms. The molecule has 0 saturated heterocycles. The lowest BCUT2D eigenvalue weighted by molar-refractivity contribution is -0.120. The molecule has 3 rings (SSSR count). The zero-order valence-corrected chi connectivity index (χ0v) is 11.2. The highest BCUT2D eigenvalue weighted by molar-refractivity contribution is 5.98. The predicted octanol–water partition coefficient (Wildman–Crippen LogP) is 0.532. The van der Waals surface area contributed by atoms with Crippen molar-refractivity contribution >= 4 is 23.2 Å². The van der Waals surface area contributed by atoms with Gasteiger partial charge in [-0.05, 0) is 31.0 Å². The second-order valence-electron chi connectivity index (χ2n) is 5.14. The monoisotopic (exact) mass is 274 g/mol. The van der Waals surface area contributed by atoms with Gasteiger partial charge in [0.05, 0.1) is 17.9 Å². The molecule has 106 valence electrons. The molecule has 1 heterocycles. The normalized spacial score (nSPS) is 16.4. The molecule has 6 nitrogen and oxygen atoms in total. The Bertz CT molecular complexity index is 540. The Morgan fingerprint density at radius 3 is 2.65 bits per heavy atom. The van der Waals surface area contributed by atoms with Crippen LogP contribution in [0.1, 0.15) is 23.2 Å². The number of fused-ring (bicyclic) bond motifs is 1. The van der Waals surface area contributed by atoms with E-state index >= 15 is 0 Å². The van der Waals surface area contributed by atoms with E-state index in [0.29, 0.717) is 11.6 Å². The molecule has 0 radical (unpaired) electrons. The summed E-state index contributed by atoms with van der Waals surface area (Å²) in [5, 5.41) is 12.0. The van der Waals surface area contributed by atoms with E-state index in [1.165, 1.54) is 0 Å². The molecule has 1 aliphatic carbocycles. The summed E-state index contributed by atoms with van der Waals surface area (Å²) >= 11 is 0. The lowest BCUT2D eigenvalue weighted by Gasteiger charge is -2.20. The summed E-state index contributed by atoms with van der Waals surface area (Å²) in [4.78, 5) is 23.5. The van der Waals surface area contributed by atoms with Gasteiger partial charge in [0.2, 0.25) is 5.91 Å². The van der Waals surface area contributed by atoms with Gasteiger partial charge in [0, 0.05) is 24.7 Å². The largest absolute Gasteiger partial charge is 0.382 e. The first-order valence-corrected chi connectivity index (χ1v) is 6.92. The zero-order valence-electron chi connectivity index (χ0n) is 11.2. The first-order valence-electron chi connectivity index (χ1n) is 6.92. The number of benzene rings is 1. The predicted molar refractivity (Wildman–Crippen MR) is 76.9 cm³/mol. The summed E-state index contributed by atoms with van der Waals surface area (Å²) in [6.45, 7) is 1.74. The fraction of sp³-hybridized carbons (Fsp3) is 0.429. The van der Waals surface area contributed by atoms with Crippen molar-refractivity contribution in [1.82, 2.24) is 10.6 Å². The molecular formula is C14H18N4O2. The van der Waals surface area contributed by atoms with Gasteiger partial charge in [0.25, 0.3) is 5.91 Å². The summed E-state index contributed by atoms with van der Waals surface area (Å²) in [5.74, 6) is -0.357. The van der Waals surface area contributed by atoms with Crippen molar-refractivity contribution in [3.8, 4) is 0 Å².